The van der Waals surface area contributed by atoms with E-state index in [0.717, 1.165) is 36.8 Å². The molecule has 92 valence electrons. The Labute approximate surface area is 111 Å². The third kappa shape index (κ3) is 2.71. The molecule has 0 saturated heterocycles. The van der Waals surface area contributed by atoms with Crippen molar-refractivity contribution in [2.75, 3.05) is 16.8 Å². The summed E-state index contributed by atoms with van der Waals surface area (Å²) >= 11 is 3.46. The molecule has 0 fully saturated rings. The summed E-state index contributed by atoms with van der Waals surface area (Å²) in [6.07, 6.45) is 3.81. The summed E-state index contributed by atoms with van der Waals surface area (Å²) in [4.78, 5) is 13.8. The molecular formula is C14H18BrNO. The van der Waals surface area contributed by atoms with Gasteiger partial charge in [-0.05, 0) is 36.5 Å². The van der Waals surface area contributed by atoms with Crippen LogP contribution in [-0.2, 0) is 17.6 Å². The van der Waals surface area contributed by atoms with Crippen molar-refractivity contribution in [3.63, 3.8) is 0 Å². The van der Waals surface area contributed by atoms with Crippen LogP contribution in [0.3, 0.4) is 0 Å². The number of fused-ring (bicyclic) bond motifs is 1. The second kappa shape index (κ2) is 5.67. The van der Waals surface area contributed by atoms with Gasteiger partial charge in [0.2, 0.25) is 5.91 Å². The Kier molecular flexibility index (Phi) is 4.21. The van der Waals surface area contributed by atoms with Crippen molar-refractivity contribution in [3.05, 3.63) is 29.3 Å². The predicted octanol–water partition coefficient (Wildman–Crippen LogP) is 3.31. The monoisotopic (exact) mass is 295 g/mol. The number of rotatable bonds is 3. The quantitative estimate of drug-likeness (QED) is 0.784. The first kappa shape index (κ1) is 12.6. The minimum absolute atomic E-state index is 0.235. The van der Waals surface area contributed by atoms with E-state index < -0.39 is 0 Å². The number of carbonyl (C=O) groups excluding carboxylic acids is 1. The number of benzene rings is 1. The third-order valence-corrected chi connectivity index (χ3v) is 3.65. The van der Waals surface area contributed by atoms with E-state index in [9.17, 15) is 4.79 Å². The van der Waals surface area contributed by atoms with Gasteiger partial charge in [-0.2, -0.15) is 0 Å². The standard InChI is InChI=1S/C14H18BrNO/c1-2-14(17)16-9-3-4-12-10-11(7-8-15)5-6-13(12)16/h5-6,10H,2-4,7-9H2,1H3. The highest BCUT2D eigenvalue weighted by atomic mass is 79.9. The first-order valence-electron chi connectivity index (χ1n) is 6.24. The van der Waals surface area contributed by atoms with Crippen molar-refractivity contribution in [2.45, 2.75) is 32.6 Å². The number of hydrogen-bond donors (Lipinski definition) is 0. The number of carbonyl (C=O) groups is 1. The van der Waals surface area contributed by atoms with Crippen LogP contribution >= 0.6 is 15.9 Å². The molecule has 0 aromatic heterocycles. The van der Waals surface area contributed by atoms with Gasteiger partial charge in [-0.25, -0.2) is 0 Å². The fourth-order valence-electron chi connectivity index (χ4n) is 2.37. The predicted molar refractivity (Wildman–Crippen MR) is 74.9 cm³/mol. The number of halogens is 1. The van der Waals surface area contributed by atoms with Crippen LogP contribution in [0, 0.1) is 0 Å². The van der Waals surface area contributed by atoms with Crippen molar-refractivity contribution >= 4 is 27.5 Å². The molecule has 2 rings (SSSR count). The lowest BCUT2D eigenvalue weighted by Crippen LogP contribution is -2.34. The first-order valence-corrected chi connectivity index (χ1v) is 7.36. The van der Waals surface area contributed by atoms with Crippen molar-refractivity contribution in [2.24, 2.45) is 0 Å². The van der Waals surface area contributed by atoms with Crippen LogP contribution in [0.2, 0.25) is 0 Å². The van der Waals surface area contributed by atoms with E-state index in [1.165, 1.54) is 11.1 Å². The van der Waals surface area contributed by atoms with Crippen LogP contribution in [0.5, 0.6) is 0 Å². The summed E-state index contributed by atoms with van der Waals surface area (Å²) in [5, 5.41) is 0.989. The number of nitrogens with zero attached hydrogens (tertiary/aromatic N) is 1. The van der Waals surface area contributed by atoms with Crippen molar-refractivity contribution in [3.8, 4) is 0 Å². The molecule has 0 spiro atoms. The SMILES string of the molecule is CCC(=O)N1CCCc2cc(CCBr)ccc21. The molecule has 0 unspecified atom stereocenters. The van der Waals surface area contributed by atoms with E-state index in [1.807, 2.05) is 11.8 Å². The summed E-state index contributed by atoms with van der Waals surface area (Å²) < 4.78 is 0. The molecule has 1 amide bonds. The van der Waals surface area contributed by atoms with E-state index in [0.29, 0.717) is 6.42 Å². The number of alkyl halides is 1. The largest absolute Gasteiger partial charge is 0.312 e. The molecule has 0 atom stereocenters. The summed E-state index contributed by atoms with van der Waals surface area (Å²) in [7, 11) is 0. The highest BCUT2D eigenvalue weighted by Crippen LogP contribution is 2.28. The second-order valence-corrected chi connectivity index (χ2v) is 5.20. The van der Waals surface area contributed by atoms with E-state index in [2.05, 4.69) is 34.1 Å². The van der Waals surface area contributed by atoms with Crippen LogP contribution in [0.15, 0.2) is 18.2 Å². The zero-order valence-corrected chi connectivity index (χ0v) is 11.8. The smallest absolute Gasteiger partial charge is 0.226 e. The summed E-state index contributed by atoms with van der Waals surface area (Å²) in [5.41, 5.74) is 3.81. The minimum Gasteiger partial charge on any atom is -0.312 e. The highest BCUT2D eigenvalue weighted by Gasteiger charge is 2.21. The average Bonchev–Trinajstić information content (AvgIpc) is 2.37. The molecule has 1 heterocycles. The summed E-state index contributed by atoms with van der Waals surface area (Å²) in [5.74, 6) is 0.235. The second-order valence-electron chi connectivity index (χ2n) is 4.40. The van der Waals surface area contributed by atoms with Crippen LogP contribution in [0.1, 0.15) is 30.9 Å². The zero-order valence-electron chi connectivity index (χ0n) is 10.2. The Morgan fingerprint density at radius 2 is 2.29 bits per heavy atom. The van der Waals surface area contributed by atoms with Gasteiger partial charge >= 0.3 is 0 Å². The van der Waals surface area contributed by atoms with E-state index in [1.54, 1.807) is 0 Å². The molecular weight excluding hydrogens is 278 g/mol. The number of anilines is 1. The summed E-state index contributed by atoms with van der Waals surface area (Å²) in [6.45, 7) is 2.80. The molecule has 0 saturated carbocycles. The van der Waals surface area contributed by atoms with Crippen LogP contribution < -0.4 is 4.90 Å². The van der Waals surface area contributed by atoms with Gasteiger partial charge in [0.25, 0.3) is 0 Å². The lowest BCUT2D eigenvalue weighted by Gasteiger charge is -2.29. The third-order valence-electron chi connectivity index (χ3n) is 3.25. The van der Waals surface area contributed by atoms with Gasteiger partial charge in [-0.15, -0.1) is 0 Å². The molecule has 1 aliphatic heterocycles. The maximum atomic E-state index is 11.9. The highest BCUT2D eigenvalue weighted by molar-refractivity contribution is 9.09. The van der Waals surface area contributed by atoms with Gasteiger partial charge < -0.3 is 4.90 Å². The van der Waals surface area contributed by atoms with Crippen LogP contribution in [-0.4, -0.2) is 17.8 Å². The molecule has 1 aromatic carbocycles. The topological polar surface area (TPSA) is 20.3 Å². The fraction of sp³-hybridized carbons (Fsp3) is 0.500. The van der Waals surface area contributed by atoms with E-state index in [-0.39, 0.29) is 5.91 Å². The van der Waals surface area contributed by atoms with Gasteiger partial charge in [-0.3, -0.25) is 4.79 Å². The average molecular weight is 296 g/mol. The molecule has 2 nitrogen and oxygen atoms in total. The van der Waals surface area contributed by atoms with Gasteiger partial charge in [0, 0.05) is 24.0 Å². The molecule has 1 aromatic rings. The molecule has 1 aliphatic rings. The van der Waals surface area contributed by atoms with Gasteiger partial charge in [0.05, 0.1) is 0 Å². The first-order chi connectivity index (χ1) is 8.26. The summed E-state index contributed by atoms with van der Waals surface area (Å²) in [6, 6.07) is 6.51. The van der Waals surface area contributed by atoms with Gasteiger partial charge in [-0.1, -0.05) is 35.0 Å². The van der Waals surface area contributed by atoms with E-state index >= 15 is 0 Å². The Bertz CT molecular complexity index is 417. The lowest BCUT2D eigenvalue weighted by atomic mass is 9.98. The molecule has 3 heteroatoms. The molecule has 0 aliphatic carbocycles. The Morgan fingerprint density at radius 1 is 1.47 bits per heavy atom. The minimum atomic E-state index is 0.235. The molecule has 17 heavy (non-hydrogen) atoms. The lowest BCUT2D eigenvalue weighted by molar-refractivity contribution is -0.118. The number of amides is 1. The maximum Gasteiger partial charge on any atom is 0.226 e. The van der Waals surface area contributed by atoms with Crippen LogP contribution in [0.25, 0.3) is 0 Å². The van der Waals surface area contributed by atoms with E-state index in [4.69, 9.17) is 0 Å². The van der Waals surface area contributed by atoms with Gasteiger partial charge in [0.1, 0.15) is 0 Å². The van der Waals surface area contributed by atoms with Crippen molar-refractivity contribution in [1.82, 2.24) is 0 Å². The normalized spacial score (nSPS) is 14.6. The van der Waals surface area contributed by atoms with Crippen LogP contribution in [0.4, 0.5) is 5.69 Å². The Hall–Kier alpha value is -0.830. The van der Waals surface area contributed by atoms with Crippen molar-refractivity contribution < 1.29 is 4.79 Å². The molecule has 0 N–H and O–H groups in total. The number of hydrogen-bond acceptors (Lipinski definition) is 1. The Morgan fingerprint density at radius 3 is 3.00 bits per heavy atom. The maximum absolute atomic E-state index is 11.9. The zero-order chi connectivity index (χ0) is 12.3. The number of aryl methyl sites for hydroxylation is 2. The van der Waals surface area contributed by atoms with Gasteiger partial charge in [0.15, 0.2) is 0 Å². The molecule has 0 bridgehead atoms. The molecule has 0 radical (unpaired) electrons. The fourth-order valence-corrected chi connectivity index (χ4v) is 2.82. The van der Waals surface area contributed by atoms with Crippen molar-refractivity contribution in [1.29, 1.82) is 0 Å². The Balaban J connectivity index is 2.30.